The number of nitriles is 1. The van der Waals surface area contributed by atoms with Gasteiger partial charge in [-0.1, -0.05) is 60.7 Å². The molecule has 27 heavy (non-hydrogen) atoms. The summed E-state index contributed by atoms with van der Waals surface area (Å²) in [5.41, 5.74) is 1.57. The Hall–Kier alpha value is -3.39. The highest BCUT2D eigenvalue weighted by atomic mass is 16.1. The number of benzene rings is 2. The smallest absolute Gasteiger partial charge is 0.268 e. The molecule has 2 aromatic carbocycles. The van der Waals surface area contributed by atoms with Crippen LogP contribution in [0.15, 0.2) is 77.7 Å². The van der Waals surface area contributed by atoms with E-state index in [1.54, 1.807) is 12.3 Å². The second kappa shape index (κ2) is 7.88. The SMILES string of the molecule is CN(C)c1cnn(CCC(C#N)(c2ccccc2)c2ccccc2)c(=O)c1. The van der Waals surface area contributed by atoms with Crippen molar-refractivity contribution in [1.29, 1.82) is 5.26 Å². The summed E-state index contributed by atoms with van der Waals surface area (Å²) in [4.78, 5) is 14.3. The van der Waals surface area contributed by atoms with E-state index in [1.165, 1.54) is 4.68 Å². The highest BCUT2D eigenvalue weighted by molar-refractivity contribution is 5.45. The fourth-order valence-corrected chi connectivity index (χ4v) is 3.20. The number of nitrogens with zero attached hydrogens (tertiary/aromatic N) is 4. The van der Waals surface area contributed by atoms with E-state index in [1.807, 2.05) is 79.7 Å². The Bertz CT molecular complexity index is 949. The van der Waals surface area contributed by atoms with Crippen molar-refractivity contribution in [2.75, 3.05) is 19.0 Å². The molecule has 0 amide bonds. The van der Waals surface area contributed by atoms with Gasteiger partial charge in [0.25, 0.3) is 5.56 Å². The van der Waals surface area contributed by atoms with E-state index in [2.05, 4.69) is 11.2 Å². The summed E-state index contributed by atoms with van der Waals surface area (Å²) in [7, 11) is 3.73. The summed E-state index contributed by atoms with van der Waals surface area (Å²) in [5.74, 6) is 0. The second-order valence-corrected chi connectivity index (χ2v) is 6.67. The van der Waals surface area contributed by atoms with Crippen LogP contribution in [0.5, 0.6) is 0 Å². The van der Waals surface area contributed by atoms with Crippen molar-refractivity contribution in [2.24, 2.45) is 0 Å². The molecule has 0 fully saturated rings. The molecule has 0 aliphatic carbocycles. The van der Waals surface area contributed by atoms with E-state index in [0.717, 1.165) is 16.8 Å². The number of aryl methyl sites for hydroxylation is 1. The normalized spacial score (nSPS) is 11.0. The molecule has 5 nitrogen and oxygen atoms in total. The fourth-order valence-electron chi connectivity index (χ4n) is 3.20. The Morgan fingerprint density at radius 1 is 1.04 bits per heavy atom. The molecular formula is C22H22N4O. The highest BCUT2D eigenvalue weighted by Crippen LogP contribution is 2.35. The first-order valence-electron chi connectivity index (χ1n) is 8.83. The molecule has 0 N–H and O–H groups in total. The van der Waals surface area contributed by atoms with Crippen LogP contribution in [0.4, 0.5) is 5.69 Å². The topological polar surface area (TPSA) is 61.9 Å². The average molecular weight is 358 g/mol. The molecule has 0 radical (unpaired) electrons. The third kappa shape index (κ3) is 3.75. The summed E-state index contributed by atoms with van der Waals surface area (Å²) in [5, 5.41) is 14.5. The van der Waals surface area contributed by atoms with Gasteiger partial charge in [-0.15, -0.1) is 0 Å². The minimum Gasteiger partial charge on any atom is -0.376 e. The van der Waals surface area contributed by atoms with Crippen molar-refractivity contribution >= 4 is 5.69 Å². The first-order valence-corrected chi connectivity index (χ1v) is 8.83. The molecule has 1 heterocycles. The van der Waals surface area contributed by atoms with Gasteiger partial charge in [-0.2, -0.15) is 10.4 Å². The van der Waals surface area contributed by atoms with Gasteiger partial charge < -0.3 is 4.90 Å². The van der Waals surface area contributed by atoms with E-state index in [0.29, 0.717) is 13.0 Å². The fraction of sp³-hybridized carbons (Fsp3) is 0.227. The van der Waals surface area contributed by atoms with Crippen molar-refractivity contribution < 1.29 is 0 Å². The van der Waals surface area contributed by atoms with Crippen LogP contribution in [0.1, 0.15) is 17.5 Å². The van der Waals surface area contributed by atoms with Gasteiger partial charge >= 0.3 is 0 Å². The van der Waals surface area contributed by atoms with Gasteiger partial charge in [0.15, 0.2) is 0 Å². The summed E-state index contributed by atoms with van der Waals surface area (Å²) in [6.45, 7) is 0.351. The van der Waals surface area contributed by atoms with Crippen LogP contribution in [0, 0.1) is 11.3 Å². The largest absolute Gasteiger partial charge is 0.376 e. The summed E-state index contributed by atoms with van der Waals surface area (Å²) in [6.07, 6.45) is 2.12. The first-order chi connectivity index (χ1) is 13.1. The Morgan fingerprint density at radius 2 is 1.59 bits per heavy atom. The first kappa shape index (κ1) is 18.4. The van der Waals surface area contributed by atoms with Crippen molar-refractivity contribution in [3.05, 3.63) is 94.4 Å². The van der Waals surface area contributed by atoms with Gasteiger partial charge in [0, 0.05) is 26.7 Å². The minimum absolute atomic E-state index is 0.172. The maximum atomic E-state index is 12.4. The van der Waals surface area contributed by atoms with Crippen molar-refractivity contribution in [2.45, 2.75) is 18.4 Å². The highest BCUT2D eigenvalue weighted by Gasteiger charge is 2.34. The molecule has 0 bridgehead atoms. The molecule has 0 saturated carbocycles. The number of rotatable bonds is 6. The van der Waals surface area contributed by atoms with Gasteiger partial charge in [-0.05, 0) is 17.5 Å². The molecule has 3 aromatic rings. The van der Waals surface area contributed by atoms with Gasteiger partial charge in [-0.3, -0.25) is 4.79 Å². The van der Waals surface area contributed by atoms with E-state index < -0.39 is 5.41 Å². The van der Waals surface area contributed by atoms with Crippen molar-refractivity contribution in [1.82, 2.24) is 9.78 Å². The van der Waals surface area contributed by atoms with Crippen molar-refractivity contribution in [3.63, 3.8) is 0 Å². The molecule has 0 aliphatic rings. The summed E-state index contributed by atoms with van der Waals surface area (Å²) in [6, 6.07) is 23.5. The Morgan fingerprint density at radius 3 is 2.04 bits per heavy atom. The van der Waals surface area contributed by atoms with E-state index in [4.69, 9.17) is 0 Å². The van der Waals surface area contributed by atoms with E-state index >= 15 is 0 Å². The predicted octanol–water partition coefficient (Wildman–Crippen LogP) is 3.21. The van der Waals surface area contributed by atoms with E-state index in [9.17, 15) is 10.1 Å². The second-order valence-electron chi connectivity index (χ2n) is 6.67. The number of hydrogen-bond acceptors (Lipinski definition) is 4. The van der Waals surface area contributed by atoms with Crippen LogP contribution in [-0.4, -0.2) is 23.9 Å². The zero-order valence-electron chi connectivity index (χ0n) is 15.5. The van der Waals surface area contributed by atoms with Gasteiger partial charge in [-0.25, -0.2) is 4.68 Å². The Balaban J connectivity index is 1.99. The Kier molecular flexibility index (Phi) is 5.37. The Labute approximate surface area is 159 Å². The summed E-state index contributed by atoms with van der Waals surface area (Å²) >= 11 is 0. The molecule has 3 rings (SSSR count). The third-order valence-corrected chi connectivity index (χ3v) is 4.79. The minimum atomic E-state index is -0.843. The number of anilines is 1. The lowest BCUT2D eigenvalue weighted by atomic mass is 9.73. The zero-order chi connectivity index (χ0) is 19.3. The van der Waals surface area contributed by atoms with Gasteiger partial charge in [0.1, 0.15) is 5.41 Å². The van der Waals surface area contributed by atoms with Crippen LogP contribution in [0.2, 0.25) is 0 Å². The average Bonchev–Trinajstić information content (AvgIpc) is 2.71. The zero-order valence-corrected chi connectivity index (χ0v) is 15.5. The molecule has 0 saturated heterocycles. The quantitative estimate of drug-likeness (QED) is 0.679. The van der Waals surface area contributed by atoms with Crippen molar-refractivity contribution in [3.8, 4) is 6.07 Å². The van der Waals surface area contributed by atoms with Crippen LogP contribution in [0.3, 0.4) is 0 Å². The molecular weight excluding hydrogens is 336 g/mol. The van der Waals surface area contributed by atoms with Crippen LogP contribution in [0.25, 0.3) is 0 Å². The maximum Gasteiger partial charge on any atom is 0.268 e. The molecule has 0 atom stereocenters. The molecule has 0 unspecified atom stereocenters. The monoisotopic (exact) mass is 358 g/mol. The lowest BCUT2D eigenvalue weighted by molar-refractivity contribution is 0.475. The van der Waals surface area contributed by atoms with Crippen LogP contribution in [-0.2, 0) is 12.0 Å². The predicted molar refractivity (Wildman–Crippen MR) is 107 cm³/mol. The molecule has 0 aliphatic heterocycles. The molecule has 0 spiro atoms. The van der Waals surface area contributed by atoms with E-state index in [-0.39, 0.29) is 5.56 Å². The molecule has 136 valence electrons. The van der Waals surface area contributed by atoms with Crippen LogP contribution >= 0.6 is 0 Å². The molecule has 5 heteroatoms. The summed E-state index contributed by atoms with van der Waals surface area (Å²) < 4.78 is 1.42. The molecule has 1 aromatic heterocycles. The lowest BCUT2D eigenvalue weighted by Gasteiger charge is -2.28. The maximum absolute atomic E-state index is 12.4. The number of aromatic nitrogens is 2. The number of hydrogen-bond donors (Lipinski definition) is 0. The standard InChI is InChI=1S/C22H22N4O/c1-25(2)20-15-21(27)26(24-16-20)14-13-22(17-23,18-9-5-3-6-10-18)19-11-7-4-8-12-19/h3-12,15-16H,13-14H2,1-2H3. The van der Waals surface area contributed by atoms with Gasteiger partial charge in [0.2, 0.25) is 0 Å². The van der Waals surface area contributed by atoms with Crippen LogP contribution < -0.4 is 10.5 Å². The third-order valence-electron chi connectivity index (χ3n) is 4.79. The van der Waals surface area contributed by atoms with Gasteiger partial charge in [0.05, 0.1) is 18.0 Å². The lowest BCUT2D eigenvalue weighted by Crippen LogP contribution is -2.31.